The maximum atomic E-state index is 13.2. The summed E-state index contributed by atoms with van der Waals surface area (Å²) in [6.07, 6.45) is 6.29. The van der Waals surface area contributed by atoms with E-state index in [1.807, 2.05) is 60.7 Å². The molecule has 0 fully saturated rings. The molecule has 0 unspecified atom stereocenters. The van der Waals surface area contributed by atoms with E-state index in [0.717, 1.165) is 42.4 Å². The van der Waals surface area contributed by atoms with Crippen molar-refractivity contribution in [3.63, 3.8) is 0 Å². The smallest absolute Gasteiger partial charge is 0.254 e. The van der Waals surface area contributed by atoms with Gasteiger partial charge in [-0.05, 0) is 36.8 Å². The molecule has 2 N–H and O–H groups in total. The second-order valence-corrected chi connectivity index (χ2v) is 9.72. The van der Waals surface area contributed by atoms with E-state index in [9.17, 15) is 9.59 Å². The number of carbonyl (C=O) groups is 2. The standard InChI is InChI=1S/C28H27N3O3S/c32-24(15-16-25-29-18-22(34-25)20-11-5-2-6-12-20)31-28-26(21-13-7-8-14-23(21)35-28)27(33)30-17-19-9-3-1-4-10-19/h1-6,9-12,18H,7-8,13-17H2,(H,30,33)(H,31,32). The van der Waals surface area contributed by atoms with Crippen LogP contribution in [-0.2, 0) is 30.6 Å². The Hall–Kier alpha value is -3.71. The van der Waals surface area contributed by atoms with E-state index < -0.39 is 0 Å². The number of nitrogens with one attached hydrogen (secondary N) is 2. The van der Waals surface area contributed by atoms with Crippen LogP contribution in [0.4, 0.5) is 5.00 Å². The van der Waals surface area contributed by atoms with Crippen LogP contribution in [0.15, 0.2) is 71.3 Å². The molecule has 0 bridgehead atoms. The summed E-state index contributed by atoms with van der Waals surface area (Å²) in [6.45, 7) is 0.450. The lowest BCUT2D eigenvalue weighted by Gasteiger charge is -2.13. The highest BCUT2D eigenvalue weighted by Crippen LogP contribution is 2.38. The zero-order valence-electron chi connectivity index (χ0n) is 19.4. The van der Waals surface area contributed by atoms with Crippen LogP contribution >= 0.6 is 11.3 Å². The molecule has 0 aliphatic heterocycles. The van der Waals surface area contributed by atoms with Crippen LogP contribution in [0.25, 0.3) is 11.3 Å². The number of rotatable bonds is 8. The predicted molar refractivity (Wildman–Crippen MR) is 137 cm³/mol. The maximum absolute atomic E-state index is 13.2. The predicted octanol–water partition coefficient (Wildman–Crippen LogP) is 5.78. The molecule has 6 nitrogen and oxygen atoms in total. The molecule has 2 aromatic heterocycles. The molecule has 0 saturated carbocycles. The Morgan fingerprint density at radius 3 is 2.51 bits per heavy atom. The van der Waals surface area contributed by atoms with E-state index in [0.29, 0.717) is 35.2 Å². The van der Waals surface area contributed by atoms with E-state index in [1.165, 1.54) is 16.2 Å². The summed E-state index contributed by atoms with van der Waals surface area (Å²) in [5.74, 6) is 0.915. The molecule has 4 aromatic rings. The second kappa shape index (κ2) is 10.7. The van der Waals surface area contributed by atoms with Crippen molar-refractivity contribution < 1.29 is 14.0 Å². The minimum atomic E-state index is -0.153. The number of fused-ring (bicyclic) bond motifs is 1. The van der Waals surface area contributed by atoms with Crippen LogP contribution in [0.5, 0.6) is 0 Å². The number of oxazole rings is 1. The number of amides is 2. The average Bonchev–Trinajstić information content (AvgIpc) is 3.52. The lowest BCUT2D eigenvalue weighted by molar-refractivity contribution is -0.116. The van der Waals surface area contributed by atoms with Crippen LogP contribution < -0.4 is 10.6 Å². The molecule has 2 amide bonds. The van der Waals surface area contributed by atoms with E-state index >= 15 is 0 Å². The topological polar surface area (TPSA) is 84.2 Å². The molecular formula is C28H27N3O3S. The van der Waals surface area contributed by atoms with Crippen molar-refractivity contribution >= 4 is 28.2 Å². The molecule has 0 spiro atoms. The first-order valence-electron chi connectivity index (χ1n) is 11.9. The zero-order valence-corrected chi connectivity index (χ0v) is 20.2. The van der Waals surface area contributed by atoms with Crippen LogP contribution in [0.2, 0.25) is 0 Å². The summed E-state index contributed by atoms with van der Waals surface area (Å²) in [6, 6.07) is 19.6. The minimum absolute atomic E-state index is 0.135. The molecule has 0 saturated heterocycles. The molecule has 5 rings (SSSR count). The Morgan fingerprint density at radius 1 is 0.971 bits per heavy atom. The lowest BCUT2D eigenvalue weighted by atomic mass is 9.95. The Bertz CT molecular complexity index is 1310. The average molecular weight is 486 g/mol. The normalized spacial score (nSPS) is 12.7. The quantitative estimate of drug-likeness (QED) is 0.331. The molecule has 0 atom stereocenters. The maximum Gasteiger partial charge on any atom is 0.254 e. The van der Waals surface area contributed by atoms with Gasteiger partial charge in [-0.2, -0.15) is 0 Å². The highest BCUT2D eigenvalue weighted by atomic mass is 32.1. The van der Waals surface area contributed by atoms with Gasteiger partial charge in [0.1, 0.15) is 5.00 Å². The molecule has 2 heterocycles. The first kappa shape index (κ1) is 23.1. The summed E-state index contributed by atoms with van der Waals surface area (Å²) >= 11 is 1.53. The fourth-order valence-corrected chi connectivity index (χ4v) is 5.63. The molecular weight excluding hydrogens is 458 g/mol. The Kier molecular flexibility index (Phi) is 7.04. The SMILES string of the molecule is O=C(CCc1ncc(-c2ccccc2)o1)Nc1sc2c(c1C(=O)NCc1ccccc1)CCCC2. The summed E-state index contributed by atoms with van der Waals surface area (Å²) in [7, 11) is 0. The van der Waals surface area contributed by atoms with Crippen LogP contribution in [0, 0.1) is 0 Å². The van der Waals surface area contributed by atoms with Gasteiger partial charge in [0, 0.05) is 29.8 Å². The minimum Gasteiger partial charge on any atom is -0.441 e. The van der Waals surface area contributed by atoms with Crippen molar-refractivity contribution in [3.8, 4) is 11.3 Å². The largest absolute Gasteiger partial charge is 0.441 e. The molecule has 1 aliphatic carbocycles. The number of nitrogens with zero attached hydrogens (tertiary/aromatic N) is 1. The van der Waals surface area contributed by atoms with Gasteiger partial charge in [-0.15, -0.1) is 11.3 Å². The number of benzene rings is 2. The zero-order chi connectivity index (χ0) is 24.0. The fraction of sp³-hybridized carbons (Fsp3) is 0.250. The van der Waals surface area contributed by atoms with Crippen molar-refractivity contribution in [2.24, 2.45) is 0 Å². The molecule has 1 aliphatic rings. The number of aromatic nitrogens is 1. The van der Waals surface area contributed by atoms with Gasteiger partial charge in [0.15, 0.2) is 11.7 Å². The van der Waals surface area contributed by atoms with Crippen molar-refractivity contribution in [1.29, 1.82) is 0 Å². The van der Waals surface area contributed by atoms with E-state index in [2.05, 4.69) is 15.6 Å². The third kappa shape index (κ3) is 5.52. The van der Waals surface area contributed by atoms with E-state index in [1.54, 1.807) is 6.20 Å². The summed E-state index contributed by atoms with van der Waals surface area (Å²) < 4.78 is 5.82. The summed E-state index contributed by atoms with van der Waals surface area (Å²) in [5.41, 5.74) is 3.70. The number of carbonyl (C=O) groups excluding carboxylic acids is 2. The van der Waals surface area contributed by atoms with Crippen molar-refractivity contribution in [2.45, 2.75) is 45.1 Å². The van der Waals surface area contributed by atoms with Crippen LogP contribution in [0.3, 0.4) is 0 Å². The number of hydrogen-bond acceptors (Lipinski definition) is 5. The monoisotopic (exact) mass is 485 g/mol. The van der Waals surface area contributed by atoms with Gasteiger partial charge in [0.2, 0.25) is 5.91 Å². The number of hydrogen-bond donors (Lipinski definition) is 2. The molecule has 2 aromatic carbocycles. The van der Waals surface area contributed by atoms with Crippen LogP contribution in [-0.4, -0.2) is 16.8 Å². The van der Waals surface area contributed by atoms with Gasteiger partial charge in [-0.25, -0.2) is 4.98 Å². The first-order chi connectivity index (χ1) is 17.2. The second-order valence-electron chi connectivity index (χ2n) is 8.62. The van der Waals surface area contributed by atoms with Crippen LogP contribution in [0.1, 0.15) is 51.5 Å². The van der Waals surface area contributed by atoms with Crippen molar-refractivity contribution in [3.05, 3.63) is 94.3 Å². The molecule has 0 radical (unpaired) electrons. The molecule has 7 heteroatoms. The summed E-state index contributed by atoms with van der Waals surface area (Å²) in [5, 5.41) is 6.68. The van der Waals surface area contributed by atoms with E-state index in [-0.39, 0.29) is 18.2 Å². The van der Waals surface area contributed by atoms with Gasteiger partial charge < -0.3 is 15.1 Å². The van der Waals surface area contributed by atoms with Gasteiger partial charge >= 0.3 is 0 Å². The third-order valence-corrected chi connectivity index (χ3v) is 7.33. The Balaban J connectivity index is 1.25. The van der Waals surface area contributed by atoms with Gasteiger partial charge in [-0.3, -0.25) is 9.59 Å². The van der Waals surface area contributed by atoms with Gasteiger partial charge in [0.05, 0.1) is 11.8 Å². The van der Waals surface area contributed by atoms with Crippen molar-refractivity contribution in [1.82, 2.24) is 10.3 Å². The third-order valence-electron chi connectivity index (χ3n) is 6.13. The summed E-state index contributed by atoms with van der Waals surface area (Å²) in [4.78, 5) is 31.5. The Labute approximate surface area is 208 Å². The van der Waals surface area contributed by atoms with Gasteiger partial charge in [-0.1, -0.05) is 60.7 Å². The highest BCUT2D eigenvalue weighted by molar-refractivity contribution is 7.17. The highest BCUT2D eigenvalue weighted by Gasteiger charge is 2.26. The number of aryl methyl sites for hydroxylation is 2. The Morgan fingerprint density at radius 2 is 1.71 bits per heavy atom. The van der Waals surface area contributed by atoms with E-state index in [4.69, 9.17) is 4.42 Å². The fourth-order valence-electron chi connectivity index (χ4n) is 4.33. The number of anilines is 1. The lowest BCUT2D eigenvalue weighted by Crippen LogP contribution is -2.25. The molecule has 35 heavy (non-hydrogen) atoms. The first-order valence-corrected chi connectivity index (χ1v) is 12.8. The number of thiophene rings is 1. The molecule has 178 valence electrons. The van der Waals surface area contributed by atoms with Gasteiger partial charge in [0.25, 0.3) is 5.91 Å². The van der Waals surface area contributed by atoms with Crippen molar-refractivity contribution in [2.75, 3.05) is 5.32 Å².